The van der Waals surface area contributed by atoms with Gasteiger partial charge < -0.3 is 19.3 Å². The number of amides is 2. The molecule has 2 amide bonds. The first-order chi connectivity index (χ1) is 11.0. The molecule has 1 aliphatic heterocycles. The highest BCUT2D eigenvalue weighted by Crippen LogP contribution is 2.20. The third-order valence-corrected chi connectivity index (χ3v) is 3.91. The van der Waals surface area contributed by atoms with Crippen molar-refractivity contribution in [2.75, 3.05) is 44.9 Å². The summed E-state index contributed by atoms with van der Waals surface area (Å²) in [6.07, 6.45) is 0. The van der Waals surface area contributed by atoms with E-state index in [1.54, 1.807) is 16.9 Å². The fourth-order valence-corrected chi connectivity index (χ4v) is 2.54. The monoisotopic (exact) mass is 320 g/mol. The highest BCUT2D eigenvalue weighted by molar-refractivity contribution is 5.98. The van der Waals surface area contributed by atoms with Crippen molar-refractivity contribution in [2.24, 2.45) is 0 Å². The number of benzene rings is 1. The highest BCUT2D eigenvalue weighted by atomic mass is 16.5. The van der Waals surface area contributed by atoms with Crippen LogP contribution in [0.25, 0.3) is 0 Å². The Kier molecular flexibility index (Phi) is 6.12. The number of hydrogen-bond donors (Lipinski definition) is 0. The van der Waals surface area contributed by atoms with Crippen molar-refractivity contribution in [3.8, 4) is 0 Å². The lowest BCUT2D eigenvalue weighted by molar-refractivity contribution is -0.143. The first-order valence-electron chi connectivity index (χ1n) is 7.76. The van der Waals surface area contributed by atoms with Crippen LogP contribution in [0.4, 0.5) is 5.69 Å². The van der Waals surface area contributed by atoms with Gasteiger partial charge in [0, 0.05) is 25.4 Å². The van der Waals surface area contributed by atoms with Crippen molar-refractivity contribution >= 4 is 17.5 Å². The van der Waals surface area contributed by atoms with E-state index in [4.69, 9.17) is 9.47 Å². The van der Waals surface area contributed by atoms with Crippen LogP contribution in [0, 0.1) is 6.92 Å². The van der Waals surface area contributed by atoms with E-state index in [1.807, 2.05) is 38.1 Å². The highest BCUT2D eigenvalue weighted by Gasteiger charge is 2.33. The summed E-state index contributed by atoms with van der Waals surface area (Å²) in [5, 5.41) is 0. The van der Waals surface area contributed by atoms with Gasteiger partial charge >= 0.3 is 0 Å². The second-order valence-corrected chi connectivity index (χ2v) is 5.76. The zero-order valence-corrected chi connectivity index (χ0v) is 13.9. The number of ether oxygens (including phenoxy) is 2. The van der Waals surface area contributed by atoms with Gasteiger partial charge in [-0.25, -0.2) is 0 Å². The topological polar surface area (TPSA) is 59.1 Å². The molecule has 1 aromatic carbocycles. The van der Waals surface area contributed by atoms with Gasteiger partial charge in [0.1, 0.15) is 13.2 Å². The summed E-state index contributed by atoms with van der Waals surface area (Å²) in [7, 11) is 1.58. The number of rotatable bonds is 6. The molecule has 2 rings (SSSR count). The number of carbonyl (C=O) groups is 2. The fraction of sp³-hybridized carbons (Fsp3) is 0.529. The van der Waals surface area contributed by atoms with Gasteiger partial charge in [-0.05, 0) is 26.0 Å². The molecule has 0 aromatic heterocycles. The second kappa shape index (κ2) is 8.08. The van der Waals surface area contributed by atoms with E-state index in [1.165, 1.54) is 0 Å². The molecule has 6 heteroatoms. The lowest BCUT2D eigenvalue weighted by atomic mass is 10.1. The Morgan fingerprint density at radius 3 is 2.61 bits per heavy atom. The Bertz CT molecular complexity index is 544. The van der Waals surface area contributed by atoms with E-state index >= 15 is 0 Å². The van der Waals surface area contributed by atoms with Gasteiger partial charge in [0.05, 0.1) is 13.2 Å². The average Bonchev–Trinajstić information content (AvgIpc) is 2.54. The predicted molar refractivity (Wildman–Crippen MR) is 87.4 cm³/mol. The standard InChI is InChI=1S/C17H24N2O4/c1-13-4-6-15(7-5-13)19-10-14(2)18(11-16(19)20)17(21)12-23-9-8-22-3/h4-7,14H,8-12H2,1-3H3. The number of carbonyl (C=O) groups excluding carboxylic acids is 2. The van der Waals surface area contributed by atoms with Crippen molar-refractivity contribution < 1.29 is 19.1 Å². The normalized spacial score (nSPS) is 18.4. The first kappa shape index (κ1) is 17.4. The van der Waals surface area contributed by atoms with Crippen molar-refractivity contribution in [1.29, 1.82) is 0 Å². The van der Waals surface area contributed by atoms with Gasteiger partial charge in [-0.3, -0.25) is 9.59 Å². The Morgan fingerprint density at radius 1 is 1.26 bits per heavy atom. The molecule has 23 heavy (non-hydrogen) atoms. The Balaban J connectivity index is 1.95. The van der Waals surface area contributed by atoms with E-state index in [0.717, 1.165) is 11.3 Å². The van der Waals surface area contributed by atoms with E-state index in [9.17, 15) is 9.59 Å². The van der Waals surface area contributed by atoms with E-state index in [-0.39, 0.29) is 31.0 Å². The van der Waals surface area contributed by atoms with Crippen molar-refractivity contribution in [3.63, 3.8) is 0 Å². The molecule has 0 spiro atoms. The Hall–Kier alpha value is -1.92. The number of anilines is 1. The van der Waals surface area contributed by atoms with Gasteiger partial charge in [-0.2, -0.15) is 0 Å². The molecule has 1 saturated heterocycles. The van der Waals surface area contributed by atoms with Crippen LogP contribution in [-0.2, 0) is 19.1 Å². The van der Waals surface area contributed by atoms with E-state index in [0.29, 0.717) is 19.8 Å². The average molecular weight is 320 g/mol. The van der Waals surface area contributed by atoms with Crippen molar-refractivity contribution in [3.05, 3.63) is 29.8 Å². The number of aryl methyl sites for hydroxylation is 1. The van der Waals surface area contributed by atoms with Crippen LogP contribution < -0.4 is 4.90 Å². The molecule has 1 fully saturated rings. The minimum Gasteiger partial charge on any atom is -0.382 e. The molecule has 0 bridgehead atoms. The summed E-state index contributed by atoms with van der Waals surface area (Å²) >= 11 is 0. The summed E-state index contributed by atoms with van der Waals surface area (Å²) in [4.78, 5) is 27.9. The molecule has 0 aliphatic carbocycles. The largest absolute Gasteiger partial charge is 0.382 e. The Morgan fingerprint density at radius 2 is 1.96 bits per heavy atom. The molecule has 1 unspecified atom stereocenters. The second-order valence-electron chi connectivity index (χ2n) is 5.76. The number of methoxy groups -OCH3 is 1. The van der Waals surface area contributed by atoms with Crippen LogP contribution in [0.2, 0.25) is 0 Å². The van der Waals surface area contributed by atoms with E-state index < -0.39 is 0 Å². The number of nitrogens with zero attached hydrogens (tertiary/aromatic N) is 2. The zero-order chi connectivity index (χ0) is 16.8. The van der Waals surface area contributed by atoms with Crippen molar-refractivity contribution in [2.45, 2.75) is 19.9 Å². The SMILES string of the molecule is COCCOCC(=O)N1CC(=O)N(c2ccc(C)cc2)CC1C. The molecule has 0 radical (unpaired) electrons. The van der Waals surface area contributed by atoms with Crippen LogP contribution in [0.15, 0.2) is 24.3 Å². The maximum absolute atomic E-state index is 12.4. The molecule has 6 nitrogen and oxygen atoms in total. The molecule has 0 saturated carbocycles. The number of hydrogen-bond acceptors (Lipinski definition) is 4. The summed E-state index contributed by atoms with van der Waals surface area (Å²) in [5.41, 5.74) is 2.02. The molecule has 1 aromatic rings. The maximum atomic E-state index is 12.4. The van der Waals surface area contributed by atoms with E-state index in [2.05, 4.69) is 0 Å². The molecular formula is C17H24N2O4. The third kappa shape index (κ3) is 4.53. The summed E-state index contributed by atoms with van der Waals surface area (Å²) in [6, 6.07) is 7.78. The first-order valence-corrected chi connectivity index (χ1v) is 7.76. The predicted octanol–water partition coefficient (Wildman–Crippen LogP) is 1.22. The van der Waals surface area contributed by atoms with Crippen LogP contribution in [-0.4, -0.2) is 62.8 Å². The lowest BCUT2D eigenvalue weighted by Gasteiger charge is -2.39. The quantitative estimate of drug-likeness (QED) is 0.740. The fourth-order valence-electron chi connectivity index (χ4n) is 2.54. The van der Waals surface area contributed by atoms with Gasteiger partial charge in [0.25, 0.3) is 0 Å². The third-order valence-electron chi connectivity index (χ3n) is 3.91. The summed E-state index contributed by atoms with van der Waals surface area (Å²) in [6.45, 7) is 5.32. The minimum atomic E-state index is -0.162. The molecule has 1 atom stereocenters. The van der Waals surface area contributed by atoms with Crippen LogP contribution in [0.5, 0.6) is 0 Å². The molecule has 1 heterocycles. The van der Waals surface area contributed by atoms with Crippen LogP contribution in [0.1, 0.15) is 12.5 Å². The zero-order valence-electron chi connectivity index (χ0n) is 13.9. The molecular weight excluding hydrogens is 296 g/mol. The maximum Gasteiger partial charge on any atom is 0.249 e. The smallest absolute Gasteiger partial charge is 0.249 e. The Labute approximate surface area is 137 Å². The number of piperazine rings is 1. The van der Waals surface area contributed by atoms with Crippen LogP contribution >= 0.6 is 0 Å². The molecule has 0 N–H and O–H groups in total. The van der Waals surface area contributed by atoms with Gasteiger partial charge in [0.15, 0.2) is 0 Å². The van der Waals surface area contributed by atoms with Gasteiger partial charge in [0.2, 0.25) is 11.8 Å². The van der Waals surface area contributed by atoms with Crippen LogP contribution in [0.3, 0.4) is 0 Å². The lowest BCUT2D eigenvalue weighted by Crippen LogP contribution is -2.57. The summed E-state index contributed by atoms with van der Waals surface area (Å²) < 4.78 is 10.1. The van der Waals surface area contributed by atoms with Gasteiger partial charge in [-0.1, -0.05) is 17.7 Å². The van der Waals surface area contributed by atoms with Gasteiger partial charge in [-0.15, -0.1) is 0 Å². The summed E-state index contributed by atoms with van der Waals surface area (Å²) in [5.74, 6) is -0.234. The minimum absolute atomic E-state index is 0.0223. The van der Waals surface area contributed by atoms with Crippen molar-refractivity contribution in [1.82, 2.24) is 4.90 Å². The molecule has 126 valence electrons. The molecule has 1 aliphatic rings.